The number of hydrogen-bond acceptors (Lipinski definition) is 5. The molecule has 0 saturated heterocycles. The predicted molar refractivity (Wildman–Crippen MR) is 107 cm³/mol. The van der Waals surface area contributed by atoms with Crippen LogP contribution in [0, 0.1) is 0 Å². The Morgan fingerprint density at radius 3 is 2.15 bits per heavy atom. The summed E-state index contributed by atoms with van der Waals surface area (Å²) in [6.07, 6.45) is 2.90. The van der Waals surface area contributed by atoms with E-state index in [4.69, 9.17) is 5.73 Å². The van der Waals surface area contributed by atoms with Crippen LogP contribution in [0.15, 0.2) is 65.8 Å². The Hall–Kier alpha value is -2.77. The van der Waals surface area contributed by atoms with Gasteiger partial charge in [0.15, 0.2) is 0 Å². The zero-order chi connectivity index (χ0) is 19.7. The molecule has 3 aromatic rings. The summed E-state index contributed by atoms with van der Waals surface area (Å²) in [6, 6.07) is 14.7. The molecule has 27 heavy (non-hydrogen) atoms. The first-order valence-electron chi connectivity index (χ1n) is 8.48. The van der Waals surface area contributed by atoms with Crippen LogP contribution in [-0.2, 0) is 10.0 Å². The number of nitrogens with zero attached hydrogens (tertiary/aromatic N) is 2. The van der Waals surface area contributed by atoms with Gasteiger partial charge in [-0.15, -0.1) is 0 Å². The molecule has 6 nitrogen and oxygen atoms in total. The average molecular weight is 382 g/mol. The molecule has 3 rings (SSSR count). The van der Waals surface area contributed by atoms with Crippen molar-refractivity contribution in [1.29, 1.82) is 0 Å². The molecule has 0 aliphatic heterocycles. The monoisotopic (exact) mass is 382 g/mol. The minimum Gasteiger partial charge on any atom is -0.382 e. The van der Waals surface area contributed by atoms with Crippen molar-refractivity contribution in [2.24, 2.45) is 0 Å². The van der Waals surface area contributed by atoms with Crippen LogP contribution < -0.4 is 10.5 Å². The Morgan fingerprint density at radius 1 is 0.889 bits per heavy atom. The zero-order valence-electron chi connectivity index (χ0n) is 15.5. The Bertz CT molecular complexity index is 1040. The van der Waals surface area contributed by atoms with Gasteiger partial charge in [0.2, 0.25) is 10.0 Å². The lowest BCUT2D eigenvalue weighted by molar-refractivity contribution is 0.492. The summed E-state index contributed by atoms with van der Waals surface area (Å²) < 4.78 is 29.4. The molecule has 7 heteroatoms. The van der Waals surface area contributed by atoms with Crippen LogP contribution >= 0.6 is 0 Å². The first-order valence-corrected chi connectivity index (χ1v) is 9.96. The third kappa shape index (κ3) is 4.32. The highest BCUT2D eigenvalue weighted by molar-refractivity contribution is 7.89. The maximum atomic E-state index is 13.3. The lowest BCUT2D eigenvalue weighted by Crippen LogP contribution is -2.40. The SMILES string of the molecule is CC(C)(C)NS(=O)(=O)c1c(-c2ccccc2)cccc1-c1cnc(N)cn1. The summed E-state index contributed by atoms with van der Waals surface area (Å²) >= 11 is 0. The Kier molecular flexibility index (Phi) is 4.99. The molecule has 0 saturated carbocycles. The topological polar surface area (TPSA) is 98.0 Å². The molecule has 2 aromatic carbocycles. The maximum Gasteiger partial charge on any atom is 0.242 e. The van der Waals surface area contributed by atoms with Gasteiger partial charge in [0.05, 0.1) is 23.0 Å². The third-order valence-corrected chi connectivity index (χ3v) is 5.62. The fraction of sp³-hybridized carbons (Fsp3) is 0.200. The lowest BCUT2D eigenvalue weighted by atomic mass is 10.0. The van der Waals surface area contributed by atoms with E-state index in [9.17, 15) is 8.42 Å². The van der Waals surface area contributed by atoms with E-state index in [2.05, 4.69) is 14.7 Å². The van der Waals surface area contributed by atoms with Crippen molar-refractivity contribution in [3.05, 3.63) is 60.9 Å². The Morgan fingerprint density at radius 2 is 1.56 bits per heavy atom. The highest BCUT2D eigenvalue weighted by Gasteiger charge is 2.28. The van der Waals surface area contributed by atoms with Crippen LogP contribution in [0.25, 0.3) is 22.4 Å². The fourth-order valence-corrected chi connectivity index (χ4v) is 4.65. The second-order valence-electron chi connectivity index (χ2n) is 7.23. The molecule has 0 amide bonds. The Labute approximate surface area is 159 Å². The molecule has 0 atom stereocenters. The maximum absolute atomic E-state index is 13.3. The van der Waals surface area contributed by atoms with Crippen molar-refractivity contribution < 1.29 is 8.42 Å². The summed E-state index contributed by atoms with van der Waals surface area (Å²) in [6.45, 7) is 5.41. The molecular weight excluding hydrogens is 360 g/mol. The van der Waals surface area contributed by atoms with Gasteiger partial charge in [-0.2, -0.15) is 0 Å². The van der Waals surface area contributed by atoms with Crippen LogP contribution in [0.4, 0.5) is 5.82 Å². The predicted octanol–water partition coefficient (Wildman–Crippen LogP) is 3.47. The second-order valence-corrected chi connectivity index (χ2v) is 8.85. The highest BCUT2D eigenvalue weighted by atomic mass is 32.2. The van der Waals surface area contributed by atoms with Crippen molar-refractivity contribution in [2.75, 3.05) is 5.73 Å². The van der Waals surface area contributed by atoms with Gasteiger partial charge in [-0.1, -0.05) is 48.5 Å². The van der Waals surface area contributed by atoms with E-state index in [1.807, 2.05) is 36.4 Å². The summed E-state index contributed by atoms with van der Waals surface area (Å²) in [5.41, 5.74) is 7.31. The van der Waals surface area contributed by atoms with Crippen LogP contribution in [0.5, 0.6) is 0 Å². The number of anilines is 1. The molecule has 3 N–H and O–H groups in total. The Balaban J connectivity index is 2.31. The zero-order valence-corrected chi connectivity index (χ0v) is 16.3. The van der Waals surface area contributed by atoms with Gasteiger partial charge in [-0.05, 0) is 26.3 Å². The van der Waals surface area contributed by atoms with Crippen molar-refractivity contribution in [3.8, 4) is 22.4 Å². The standard InChI is InChI=1S/C20H22N4O2S/c1-20(2,3)24-27(25,26)19-15(14-8-5-4-6-9-14)10-7-11-16(19)17-12-23-18(21)13-22-17/h4-13,24H,1-3H3,(H2,21,23). The number of nitrogens with one attached hydrogen (secondary N) is 1. The molecule has 1 heterocycles. The van der Waals surface area contributed by atoms with E-state index in [1.165, 1.54) is 12.4 Å². The van der Waals surface area contributed by atoms with Gasteiger partial charge < -0.3 is 5.73 Å². The number of nitrogen functional groups attached to an aromatic ring is 1. The van der Waals surface area contributed by atoms with Gasteiger partial charge in [-0.25, -0.2) is 18.1 Å². The summed E-state index contributed by atoms with van der Waals surface area (Å²) in [4.78, 5) is 8.50. The number of hydrogen-bond donors (Lipinski definition) is 2. The highest BCUT2D eigenvalue weighted by Crippen LogP contribution is 2.35. The largest absolute Gasteiger partial charge is 0.382 e. The third-order valence-electron chi connectivity index (χ3n) is 3.76. The van der Waals surface area contributed by atoms with Crippen molar-refractivity contribution in [1.82, 2.24) is 14.7 Å². The molecule has 0 aliphatic carbocycles. The molecule has 0 aliphatic rings. The molecular formula is C20H22N4O2S. The second kappa shape index (κ2) is 7.09. The smallest absolute Gasteiger partial charge is 0.242 e. The summed E-state index contributed by atoms with van der Waals surface area (Å²) in [5.74, 6) is 0.273. The first-order chi connectivity index (χ1) is 12.7. The first kappa shape index (κ1) is 19.0. The molecule has 1 aromatic heterocycles. The fourth-order valence-electron chi connectivity index (χ4n) is 2.80. The van der Waals surface area contributed by atoms with E-state index >= 15 is 0 Å². The van der Waals surface area contributed by atoms with Gasteiger partial charge >= 0.3 is 0 Å². The molecule has 0 radical (unpaired) electrons. The van der Waals surface area contributed by atoms with Crippen molar-refractivity contribution >= 4 is 15.8 Å². The van der Waals surface area contributed by atoms with E-state index in [0.29, 0.717) is 16.8 Å². The minimum absolute atomic E-state index is 0.171. The normalized spacial score (nSPS) is 12.1. The van der Waals surface area contributed by atoms with Gasteiger partial charge in [0, 0.05) is 16.7 Å². The van der Waals surface area contributed by atoms with Gasteiger partial charge in [0.25, 0.3) is 0 Å². The van der Waals surface area contributed by atoms with Gasteiger partial charge in [0.1, 0.15) is 5.82 Å². The molecule has 0 fully saturated rings. The van der Waals surface area contributed by atoms with E-state index in [0.717, 1.165) is 5.56 Å². The summed E-state index contributed by atoms with van der Waals surface area (Å²) in [7, 11) is -3.83. The van der Waals surface area contributed by atoms with Gasteiger partial charge in [-0.3, -0.25) is 4.98 Å². The van der Waals surface area contributed by atoms with E-state index < -0.39 is 15.6 Å². The van der Waals surface area contributed by atoms with Crippen LogP contribution in [-0.4, -0.2) is 23.9 Å². The number of benzene rings is 2. The van der Waals surface area contributed by atoms with Crippen molar-refractivity contribution in [2.45, 2.75) is 31.2 Å². The lowest BCUT2D eigenvalue weighted by Gasteiger charge is -2.23. The summed E-state index contributed by atoms with van der Waals surface area (Å²) in [5, 5.41) is 0. The van der Waals surface area contributed by atoms with Crippen LogP contribution in [0.3, 0.4) is 0 Å². The quantitative estimate of drug-likeness (QED) is 0.720. The average Bonchev–Trinajstić information content (AvgIpc) is 2.60. The van der Waals surface area contributed by atoms with E-state index in [-0.39, 0.29) is 10.7 Å². The van der Waals surface area contributed by atoms with E-state index in [1.54, 1.807) is 32.9 Å². The van der Waals surface area contributed by atoms with Crippen LogP contribution in [0.1, 0.15) is 20.8 Å². The van der Waals surface area contributed by atoms with Crippen LogP contribution in [0.2, 0.25) is 0 Å². The molecule has 0 unspecified atom stereocenters. The number of nitrogens with two attached hydrogens (primary N) is 1. The number of sulfonamides is 1. The molecule has 140 valence electrons. The molecule has 0 spiro atoms. The number of aromatic nitrogens is 2. The van der Waals surface area contributed by atoms with Crippen molar-refractivity contribution in [3.63, 3.8) is 0 Å². The minimum atomic E-state index is -3.83. The molecule has 0 bridgehead atoms. The number of rotatable bonds is 4.